The van der Waals surface area contributed by atoms with Gasteiger partial charge in [-0.25, -0.2) is 4.31 Å². The zero-order valence-corrected chi connectivity index (χ0v) is 13.2. The Balaban J connectivity index is 1.94. The fourth-order valence-corrected chi connectivity index (χ4v) is 3.36. The van der Waals surface area contributed by atoms with Crippen LogP contribution in [0.1, 0.15) is 34.0 Å². The number of fused-ring (bicyclic) bond motifs is 1. The number of benzene rings is 2. The zero-order valence-electron chi connectivity index (χ0n) is 12.4. The van der Waals surface area contributed by atoms with E-state index in [4.69, 9.17) is 0 Å². The number of nitrogens with zero attached hydrogens (tertiary/aromatic N) is 1. The lowest BCUT2D eigenvalue weighted by molar-refractivity contribution is 0.0898. The van der Waals surface area contributed by atoms with E-state index >= 15 is 0 Å². The molecule has 3 heteroatoms. The summed E-state index contributed by atoms with van der Waals surface area (Å²) in [6.07, 6.45) is 2.07. The minimum Gasteiger partial charge on any atom is -0.268 e. The highest BCUT2D eigenvalue weighted by molar-refractivity contribution is 7.97. The van der Waals surface area contributed by atoms with Gasteiger partial charge in [-0.1, -0.05) is 29.8 Å². The smallest absolute Gasteiger partial charge is 0.268 e. The summed E-state index contributed by atoms with van der Waals surface area (Å²) < 4.78 is 1.77. The lowest BCUT2D eigenvalue weighted by atomic mass is 10.1. The first kappa shape index (κ1) is 14.0. The summed E-state index contributed by atoms with van der Waals surface area (Å²) >= 11 is 1.50. The van der Waals surface area contributed by atoms with E-state index in [1.165, 1.54) is 23.1 Å². The van der Waals surface area contributed by atoms with Crippen molar-refractivity contribution in [1.29, 1.82) is 0 Å². The summed E-state index contributed by atoms with van der Waals surface area (Å²) in [5.41, 5.74) is 5.22. The van der Waals surface area contributed by atoms with Gasteiger partial charge >= 0.3 is 0 Å². The van der Waals surface area contributed by atoms with Crippen molar-refractivity contribution in [3.05, 3.63) is 70.4 Å². The van der Waals surface area contributed by atoms with Gasteiger partial charge in [0.05, 0.1) is 0 Å². The quantitative estimate of drug-likeness (QED) is 0.702. The number of hydrogen-bond donors (Lipinski definition) is 0. The third kappa shape index (κ3) is 2.74. The van der Waals surface area contributed by atoms with Gasteiger partial charge in [0.1, 0.15) is 0 Å². The van der Waals surface area contributed by atoms with Gasteiger partial charge in [0.2, 0.25) is 0 Å². The summed E-state index contributed by atoms with van der Waals surface area (Å²) in [6.45, 7) is 6.06. The molecule has 1 amide bonds. The molecule has 0 saturated carbocycles. The molecule has 21 heavy (non-hydrogen) atoms. The van der Waals surface area contributed by atoms with Crippen LogP contribution in [0, 0.1) is 13.8 Å². The number of aryl methyl sites for hydroxylation is 2. The number of carbonyl (C=O) groups is 1. The third-order valence-corrected chi connectivity index (χ3v) is 4.71. The predicted octanol–water partition coefficient (Wildman–Crippen LogP) is 4.83. The second-order valence-corrected chi connectivity index (χ2v) is 6.37. The molecule has 0 radical (unpaired) electrons. The minimum absolute atomic E-state index is 0.0286. The van der Waals surface area contributed by atoms with Crippen molar-refractivity contribution in [1.82, 2.24) is 4.31 Å². The number of allylic oxidation sites excluding steroid dienone is 1. The largest absolute Gasteiger partial charge is 0.268 e. The van der Waals surface area contributed by atoms with Crippen LogP contribution in [0.15, 0.2) is 53.1 Å². The Morgan fingerprint density at radius 3 is 2.33 bits per heavy atom. The molecule has 1 heterocycles. The van der Waals surface area contributed by atoms with Crippen LogP contribution in [-0.4, -0.2) is 10.2 Å². The van der Waals surface area contributed by atoms with Gasteiger partial charge in [-0.05, 0) is 68.1 Å². The number of amides is 1. The van der Waals surface area contributed by atoms with Crippen molar-refractivity contribution < 1.29 is 4.79 Å². The molecule has 0 spiro atoms. The van der Waals surface area contributed by atoms with Crippen molar-refractivity contribution in [2.75, 3.05) is 0 Å². The van der Waals surface area contributed by atoms with Crippen LogP contribution in [-0.2, 0) is 0 Å². The molecule has 0 bridgehead atoms. The summed E-state index contributed by atoms with van der Waals surface area (Å²) in [7, 11) is 0. The number of hydrogen-bond acceptors (Lipinski definition) is 2. The van der Waals surface area contributed by atoms with Crippen LogP contribution in [0.3, 0.4) is 0 Å². The highest BCUT2D eigenvalue weighted by atomic mass is 32.2. The highest BCUT2D eigenvalue weighted by Gasteiger charge is 2.23. The number of carbonyl (C=O) groups excluding carboxylic acids is 1. The molecule has 0 saturated heterocycles. The van der Waals surface area contributed by atoms with Gasteiger partial charge < -0.3 is 0 Å². The molecule has 2 aromatic rings. The molecule has 0 aliphatic carbocycles. The first-order valence-corrected chi connectivity index (χ1v) is 7.70. The van der Waals surface area contributed by atoms with Crippen LogP contribution < -0.4 is 0 Å². The predicted molar refractivity (Wildman–Crippen MR) is 88.0 cm³/mol. The maximum Gasteiger partial charge on any atom is 0.268 e. The fourth-order valence-electron chi connectivity index (χ4n) is 2.31. The van der Waals surface area contributed by atoms with Crippen molar-refractivity contribution >= 4 is 23.9 Å². The Morgan fingerprint density at radius 2 is 1.62 bits per heavy atom. The molecule has 0 aromatic heterocycles. The normalized spacial score (nSPS) is 13.7. The Hall–Kier alpha value is -2.00. The molecule has 0 unspecified atom stereocenters. The second kappa shape index (κ2) is 5.41. The van der Waals surface area contributed by atoms with E-state index in [1.54, 1.807) is 4.31 Å². The lowest BCUT2D eigenvalue weighted by Crippen LogP contribution is -2.24. The van der Waals surface area contributed by atoms with Crippen LogP contribution in [0.4, 0.5) is 0 Å². The maximum absolute atomic E-state index is 12.7. The van der Waals surface area contributed by atoms with Gasteiger partial charge in [-0.2, -0.15) is 0 Å². The second-order valence-electron chi connectivity index (χ2n) is 5.38. The van der Waals surface area contributed by atoms with E-state index in [2.05, 4.69) is 31.2 Å². The van der Waals surface area contributed by atoms with Crippen LogP contribution >= 0.6 is 11.9 Å². The maximum atomic E-state index is 12.7. The summed E-state index contributed by atoms with van der Waals surface area (Å²) in [5.74, 6) is 0.0286. The van der Waals surface area contributed by atoms with Crippen LogP contribution in [0.2, 0.25) is 0 Å². The minimum atomic E-state index is 0.0286. The van der Waals surface area contributed by atoms with Crippen molar-refractivity contribution in [2.24, 2.45) is 0 Å². The molecular weight excluding hydrogens is 278 g/mol. The van der Waals surface area contributed by atoms with Crippen LogP contribution in [0.25, 0.3) is 6.08 Å². The summed E-state index contributed by atoms with van der Waals surface area (Å²) in [5, 5.41) is 0. The van der Waals surface area contributed by atoms with E-state index in [0.29, 0.717) is 0 Å². The Morgan fingerprint density at radius 1 is 0.952 bits per heavy atom. The van der Waals surface area contributed by atoms with Crippen molar-refractivity contribution in [3.8, 4) is 0 Å². The van der Waals surface area contributed by atoms with Crippen LogP contribution in [0.5, 0.6) is 0 Å². The van der Waals surface area contributed by atoms with E-state index in [1.807, 2.05) is 38.1 Å². The summed E-state index contributed by atoms with van der Waals surface area (Å²) in [6, 6.07) is 14.0. The third-order valence-electron chi connectivity index (χ3n) is 3.53. The highest BCUT2D eigenvalue weighted by Crippen LogP contribution is 2.37. The van der Waals surface area contributed by atoms with Gasteiger partial charge in [0.25, 0.3) is 5.91 Å². The average molecular weight is 295 g/mol. The standard InChI is InChI=1S/C18H17NOS/c1-12-4-7-15(8-5-12)18(20)19-14(3)11-16-9-6-13(2)10-17(16)21-19/h4-11H,1-3H3. The fraction of sp³-hybridized carbons (Fsp3) is 0.167. The molecule has 3 rings (SSSR count). The first-order valence-electron chi connectivity index (χ1n) is 6.92. The van der Waals surface area contributed by atoms with E-state index < -0.39 is 0 Å². The zero-order chi connectivity index (χ0) is 15.0. The molecule has 106 valence electrons. The number of rotatable bonds is 1. The van der Waals surface area contributed by atoms with Gasteiger partial charge in [-0.15, -0.1) is 0 Å². The topological polar surface area (TPSA) is 20.3 Å². The van der Waals surface area contributed by atoms with Crippen molar-refractivity contribution in [3.63, 3.8) is 0 Å². The Labute approximate surface area is 129 Å². The van der Waals surface area contributed by atoms with Gasteiger partial charge in [-0.3, -0.25) is 4.79 Å². The molecule has 0 atom stereocenters. The molecule has 0 fully saturated rings. The Kier molecular flexibility index (Phi) is 3.60. The van der Waals surface area contributed by atoms with Gasteiger partial charge in [0.15, 0.2) is 0 Å². The molecular formula is C18H17NOS. The molecule has 1 aliphatic rings. The average Bonchev–Trinajstić information content (AvgIpc) is 2.47. The van der Waals surface area contributed by atoms with E-state index in [0.717, 1.165) is 21.7 Å². The molecule has 1 aliphatic heterocycles. The van der Waals surface area contributed by atoms with E-state index in [-0.39, 0.29) is 5.91 Å². The Bertz CT molecular complexity index is 731. The molecule has 2 nitrogen and oxygen atoms in total. The molecule has 0 N–H and O–H groups in total. The lowest BCUT2D eigenvalue weighted by Gasteiger charge is -2.27. The van der Waals surface area contributed by atoms with Gasteiger partial charge in [0, 0.05) is 16.2 Å². The van der Waals surface area contributed by atoms with Crippen molar-refractivity contribution in [2.45, 2.75) is 25.7 Å². The summed E-state index contributed by atoms with van der Waals surface area (Å²) in [4.78, 5) is 13.8. The monoisotopic (exact) mass is 295 g/mol. The molecule has 2 aromatic carbocycles. The SMILES string of the molecule is CC1=Cc2ccc(C)cc2SN1C(=O)c1ccc(C)cc1. The van der Waals surface area contributed by atoms with E-state index in [9.17, 15) is 4.79 Å². The first-order chi connectivity index (χ1) is 10.0.